The maximum atomic E-state index is 13.2. The Balaban J connectivity index is 1.85. The van der Waals surface area contributed by atoms with Gasteiger partial charge in [-0.25, -0.2) is 13.2 Å². The number of aliphatic hydroxyl groups excluding tert-OH is 1. The van der Waals surface area contributed by atoms with Gasteiger partial charge >= 0.3 is 0 Å². The van der Waals surface area contributed by atoms with E-state index in [0.29, 0.717) is 19.4 Å². The van der Waals surface area contributed by atoms with Gasteiger partial charge in [0.05, 0.1) is 18.4 Å². The maximum Gasteiger partial charge on any atom is 0.258 e. The smallest absolute Gasteiger partial charge is 0.258 e. The standard InChI is InChI=1S/C13H20F3NO/c1-10(6-14)11-2-4-17(5-3-11)8-12(9-18)7-13(12,15)16/h6,11,18H,2-5,7-9H2,1H3. The molecule has 1 aliphatic heterocycles. The highest BCUT2D eigenvalue weighted by molar-refractivity contribution is 5.12. The van der Waals surface area contributed by atoms with E-state index in [1.165, 1.54) is 0 Å². The van der Waals surface area contributed by atoms with Crippen molar-refractivity contribution in [2.24, 2.45) is 11.3 Å². The van der Waals surface area contributed by atoms with Crippen molar-refractivity contribution in [1.82, 2.24) is 4.90 Å². The van der Waals surface area contributed by atoms with Crippen LogP contribution in [-0.4, -0.2) is 42.2 Å². The van der Waals surface area contributed by atoms with Gasteiger partial charge in [-0.1, -0.05) is 0 Å². The zero-order valence-electron chi connectivity index (χ0n) is 10.6. The molecule has 0 aromatic carbocycles. The van der Waals surface area contributed by atoms with Crippen LogP contribution in [0.4, 0.5) is 13.2 Å². The highest BCUT2D eigenvalue weighted by Gasteiger charge is 2.70. The first-order valence-electron chi connectivity index (χ1n) is 6.42. The molecule has 1 saturated heterocycles. The molecule has 2 rings (SSSR count). The molecule has 1 N–H and O–H groups in total. The summed E-state index contributed by atoms with van der Waals surface area (Å²) in [6.07, 6.45) is 2.04. The number of aliphatic hydroxyl groups is 1. The van der Waals surface area contributed by atoms with E-state index in [-0.39, 0.29) is 18.9 Å². The lowest BCUT2D eigenvalue weighted by molar-refractivity contribution is 0.0135. The van der Waals surface area contributed by atoms with E-state index in [4.69, 9.17) is 5.11 Å². The van der Waals surface area contributed by atoms with Crippen molar-refractivity contribution >= 4 is 0 Å². The number of allylic oxidation sites excluding steroid dienone is 1. The van der Waals surface area contributed by atoms with Gasteiger partial charge in [0, 0.05) is 13.0 Å². The first-order chi connectivity index (χ1) is 8.44. The van der Waals surface area contributed by atoms with Crippen LogP contribution in [0.15, 0.2) is 11.9 Å². The molecule has 2 fully saturated rings. The Kier molecular flexibility index (Phi) is 3.74. The fraction of sp³-hybridized carbons (Fsp3) is 0.846. The van der Waals surface area contributed by atoms with E-state index in [9.17, 15) is 13.2 Å². The largest absolute Gasteiger partial charge is 0.396 e. The molecule has 2 nitrogen and oxygen atoms in total. The topological polar surface area (TPSA) is 23.5 Å². The zero-order valence-corrected chi connectivity index (χ0v) is 10.6. The third-order valence-corrected chi connectivity index (χ3v) is 4.44. The Labute approximate surface area is 105 Å². The number of nitrogens with zero attached hydrogens (tertiary/aromatic N) is 1. The van der Waals surface area contributed by atoms with Gasteiger partial charge < -0.3 is 10.0 Å². The molecule has 1 saturated carbocycles. The van der Waals surface area contributed by atoms with E-state index in [1.54, 1.807) is 6.92 Å². The predicted octanol–water partition coefficient (Wildman–Crippen LogP) is 2.59. The lowest BCUT2D eigenvalue weighted by atomic mass is 9.90. The van der Waals surface area contributed by atoms with Crippen molar-refractivity contribution in [3.05, 3.63) is 11.9 Å². The molecule has 18 heavy (non-hydrogen) atoms. The van der Waals surface area contributed by atoms with Crippen LogP contribution < -0.4 is 0 Å². The van der Waals surface area contributed by atoms with Crippen molar-refractivity contribution in [1.29, 1.82) is 0 Å². The summed E-state index contributed by atoms with van der Waals surface area (Å²) in [5, 5.41) is 9.14. The lowest BCUT2D eigenvalue weighted by Crippen LogP contribution is -2.40. The number of hydrogen-bond acceptors (Lipinski definition) is 2. The van der Waals surface area contributed by atoms with E-state index in [1.807, 2.05) is 4.90 Å². The predicted molar refractivity (Wildman–Crippen MR) is 63.1 cm³/mol. The van der Waals surface area contributed by atoms with Gasteiger partial charge in [0.25, 0.3) is 5.92 Å². The summed E-state index contributed by atoms with van der Waals surface area (Å²) in [5.41, 5.74) is -0.478. The Hall–Kier alpha value is -0.550. The molecule has 0 radical (unpaired) electrons. The van der Waals surface area contributed by atoms with Crippen LogP contribution in [0.5, 0.6) is 0 Å². The minimum atomic E-state index is -2.71. The van der Waals surface area contributed by atoms with Gasteiger partial charge in [0.1, 0.15) is 0 Å². The van der Waals surface area contributed by atoms with Gasteiger partial charge in [-0.2, -0.15) is 0 Å². The number of hydrogen-bond donors (Lipinski definition) is 1. The van der Waals surface area contributed by atoms with Crippen molar-refractivity contribution in [3.63, 3.8) is 0 Å². The second-order valence-corrected chi connectivity index (χ2v) is 5.72. The maximum absolute atomic E-state index is 13.2. The lowest BCUT2D eigenvalue weighted by Gasteiger charge is -2.34. The summed E-state index contributed by atoms with van der Waals surface area (Å²) in [5.74, 6) is -2.48. The fourth-order valence-corrected chi connectivity index (χ4v) is 2.84. The molecule has 1 heterocycles. The normalized spacial score (nSPS) is 33.7. The first-order valence-corrected chi connectivity index (χ1v) is 6.42. The number of rotatable bonds is 4. The summed E-state index contributed by atoms with van der Waals surface area (Å²) in [6, 6.07) is 0. The van der Waals surface area contributed by atoms with Crippen LogP contribution in [0.25, 0.3) is 0 Å². The Bertz CT molecular complexity index is 337. The molecule has 1 aliphatic carbocycles. The average molecular weight is 263 g/mol. The monoisotopic (exact) mass is 263 g/mol. The highest BCUT2D eigenvalue weighted by Crippen LogP contribution is 2.60. The van der Waals surface area contributed by atoms with Crippen molar-refractivity contribution < 1.29 is 18.3 Å². The molecule has 0 aromatic heterocycles. The van der Waals surface area contributed by atoms with Crippen molar-refractivity contribution in [2.45, 2.75) is 32.1 Å². The average Bonchev–Trinajstić information content (AvgIpc) is 2.91. The summed E-state index contributed by atoms with van der Waals surface area (Å²) >= 11 is 0. The highest BCUT2D eigenvalue weighted by atomic mass is 19.3. The quantitative estimate of drug-likeness (QED) is 0.842. The van der Waals surface area contributed by atoms with Gasteiger partial charge in [-0.15, -0.1) is 0 Å². The molecule has 1 atom stereocenters. The molecular weight excluding hydrogens is 243 g/mol. The SMILES string of the molecule is CC(=CF)C1CCN(CC2(CO)CC2(F)F)CC1. The minimum Gasteiger partial charge on any atom is -0.396 e. The summed E-state index contributed by atoms with van der Waals surface area (Å²) in [7, 11) is 0. The molecule has 0 amide bonds. The van der Waals surface area contributed by atoms with Gasteiger partial charge in [0.2, 0.25) is 0 Å². The Morgan fingerprint density at radius 2 is 1.94 bits per heavy atom. The van der Waals surface area contributed by atoms with Crippen LogP contribution in [0.2, 0.25) is 0 Å². The summed E-state index contributed by atoms with van der Waals surface area (Å²) in [4.78, 5) is 1.97. The van der Waals surface area contributed by atoms with Crippen LogP contribution in [0, 0.1) is 11.3 Å². The van der Waals surface area contributed by atoms with Gasteiger partial charge in [0.15, 0.2) is 0 Å². The fourth-order valence-electron chi connectivity index (χ4n) is 2.84. The van der Waals surface area contributed by atoms with E-state index < -0.39 is 17.9 Å². The molecule has 0 aromatic rings. The summed E-state index contributed by atoms with van der Waals surface area (Å²) < 4.78 is 38.8. The first kappa shape index (κ1) is 13.9. The van der Waals surface area contributed by atoms with Crippen molar-refractivity contribution in [3.8, 4) is 0 Å². The van der Waals surface area contributed by atoms with Gasteiger partial charge in [-0.3, -0.25) is 0 Å². The van der Waals surface area contributed by atoms with Crippen LogP contribution in [-0.2, 0) is 0 Å². The van der Waals surface area contributed by atoms with E-state index >= 15 is 0 Å². The van der Waals surface area contributed by atoms with Gasteiger partial charge in [-0.05, 0) is 44.3 Å². The van der Waals surface area contributed by atoms with Crippen molar-refractivity contribution in [2.75, 3.05) is 26.2 Å². The molecule has 1 unspecified atom stereocenters. The third-order valence-electron chi connectivity index (χ3n) is 4.44. The number of piperidine rings is 1. The Morgan fingerprint density at radius 1 is 1.39 bits per heavy atom. The van der Waals surface area contributed by atoms with E-state index in [2.05, 4.69) is 0 Å². The molecule has 2 aliphatic rings. The summed E-state index contributed by atoms with van der Waals surface area (Å²) in [6.45, 7) is 2.97. The molecule has 5 heteroatoms. The number of alkyl halides is 2. The zero-order chi connectivity index (χ0) is 13.4. The van der Waals surface area contributed by atoms with Crippen LogP contribution >= 0.6 is 0 Å². The molecule has 0 bridgehead atoms. The van der Waals surface area contributed by atoms with Crippen LogP contribution in [0.3, 0.4) is 0 Å². The molecule has 104 valence electrons. The molecule has 0 spiro atoms. The third kappa shape index (κ3) is 2.43. The van der Waals surface area contributed by atoms with E-state index in [0.717, 1.165) is 18.4 Å². The molecular formula is C13H20F3NO. The Morgan fingerprint density at radius 3 is 2.33 bits per heavy atom. The second-order valence-electron chi connectivity index (χ2n) is 5.72. The van der Waals surface area contributed by atoms with Crippen LogP contribution in [0.1, 0.15) is 26.2 Å². The number of likely N-dealkylation sites (tertiary alicyclic amines) is 1. The second kappa shape index (κ2) is 4.85. The number of halogens is 3. The minimum absolute atomic E-state index is 0.208.